The number of hydrogen-bond acceptors (Lipinski definition) is 3. The van der Waals surface area contributed by atoms with Crippen molar-refractivity contribution in [1.29, 1.82) is 0 Å². The highest BCUT2D eigenvalue weighted by Crippen LogP contribution is 2.27. The van der Waals surface area contributed by atoms with Crippen LogP contribution in [0, 0.1) is 6.92 Å². The van der Waals surface area contributed by atoms with Crippen molar-refractivity contribution in [2.75, 3.05) is 0 Å². The van der Waals surface area contributed by atoms with Crippen molar-refractivity contribution in [3.8, 4) is 0 Å². The molecule has 0 atom stereocenters. The minimum atomic E-state index is 0.582. The first-order chi connectivity index (χ1) is 11.3. The Hall–Kier alpha value is -1.90. The molecular weight excluding hydrogens is 282 g/mol. The molecule has 0 bridgehead atoms. The Kier molecular flexibility index (Phi) is 5.27. The third kappa shape index (κ3) is 3.90. The van der Waals surface area contributed by atoms with Gasteiger partial charge in [0.05, 0.1) is 12.2 Å². The Morgan fingerprint density at radius 2 is 2.00 bits per heavy atom. The predicted octanol–water partition coefficient (Wildman–Crippen LogP) is 4.79. The van der Waals surface area contributed by atoms with E-state index < -0.39 is 0 Å². The number of aliphatic imine (C=N–C) groups is 1. The molecule has 1 saturated carbocycles. The van der Waals surface area contributed by atoms with Crippen LogP contribution in [-0.2, 0) is 6.54 Å². The number of allylic oxidation sites excluding steroid dienone is 2. The molecule has 0 radical (unpaired) electrons. The average molecular weight is 309 g/mol. The minimum Gasteiger partial charge on any atom is -0.348 e. The fourth-order valence-electron chi connectivity index (χ4n) is 3.54. The van der Waals surface area contributed by atoms with E-state index in [0.29, 0.717) is 6.04 Å². The topological polar surface area (TPSA) is 28.5 Å². The lowest BCUT2D eigenvalue weighted by atomic mass is 9.93. The highest BCUT2D eigenvalue weighted by molar-refractivity contribution is 5.98. The van der Waals surface area contributed by atoms with Gasteiger partial charge in [0, 0.05) is 18.4 Å². The molecule has 1 aliphatic carbocycles. The summed E-state index contributed by atoms with van der Waals surface area (Å²) >= 11 is 0. The largest absolute Gasteiger partial charge is 0.348 e. The van der Waals surface area contributed by atoms with Crippen LogP contribution in [0.25, 0.3) is 0 Å². The number of pyridine rings is 1. The lowest BCUT2D eigenvalue weighted by molar-refractivity contribution is 0.235. The number of nitrogens with zero attached hydrogens (tertiary/aromatic N) is 3. The Morgan fingerprint density at radius 3 is 2.78 bits per heavy atom. The summed E-state index contributed by atoms with van der Waals surface area (Å²) in [6, 6.07) is 4.75. The fourth-order valence-corrected chi connectivity index (χ4v) is 3.54. The van der Waals surface area contributed by atoms with Crippen LogP contribution in [0.4, 0.5) is 0 Å². The zero-order chi connectivity index (χ0) is 16.1. The molecule has 0 unspecified atom stereocenters. The van der Waals surface area contributed by atoms with Crippen molar-refractivity contribution >= 4 is 5.84 Å². The summed E-state index contributed by atoms with van der Waals surface area (Å²) in [4.78, 5) is 11.9. The second kappa shape index (κ2) is 7.58. The molecule has 3 heteroatoms. The van der Waals surface area contributed by atoms with Crippen LogP contribution in [0.2, 0.25) is 0 Å². The minimum absolute atomic E-state index is 0.582. The first-order valence-corrected chi connectivity index (χ1v) is 8.83. The molecular formula is C20H27N3. The summed E-state index contributed by atoms with van der Waals surface area (Å²) in [5, 5.41) is 0. The molecule has 0 amide bonds. The predicted molar refractivity (Wildman–Crippen MR) is 96.3 cm³/mol. The van der Waals surface area contributed by atoms with Crippen molar-refractivity contribution in [1.82, 2.24) is 9.88 Å². The van der Waals surface area contributed by atoms with Gasteiger partial charge in [-0.25, -0.2) is 4.99 Å². The van der Waals surface area contributed by atoms with E-state index in [2.05, 4.69) is 41.9 Å². The van der Waals surface area contributed by atoms with Crippen LogP contribution in [0.5, 0.6) is 0 Å². The Labute approximate surface area is 139 Å². The maximum Gasteiger partial charge on any atom is 0.131 e. The van der Waals surface area contributed by atoms with Gasteiger partial charge in [-0.1, -0.05) is 37.5 Å². The molecule has 0 spiro atoms. The van der Waals surface area contributed by atoms with E-state index in [1.54, 1.807) is 0 Å². The Balaban J connectivity index is 1.91. The van der Waals surface area contributed by atoms with Gasteiger partial charge in [-0.3, -0.25) is 4.98 Å². The standard InChI is InChI=1S/C20H27N3/c1-16-10-8-14-21-19(16)15-23(18-11-4-3-5-12-18)20-17(2)9-6-7-13-22-20/h7-10,13-14,18H,3-6,11-12,15H2,1-2H3. The maximum atomic E-state index is 4.77. The van der Waals surface area contributed by atoms with E-state index in [-0.39, 0.29) is 0 Å². The number of amidine groups is 1. The van der Waals surface area contributed by atoms with Crippen molar-refractivity contribution in [2.24, 2.45) is 4.99 Å². The monoisotopic (exact) mass is 309 g/mol. The van der Waals surface area contributed by atoms with Crippen molar-refractivity contribution in [3.05, 3.63) is 53.5 Å². The molecule has 0 saturated heterocycles. The smallest absolute Gasteiger partial charge is 0.131 e. The van der Waals surface area contributed by atoms with Gasteiger partial charge >= 0.3 is 0 Å². The van der Waals surface area contributed by atoms with Crippen LogP contribution in [0.3, 0.4) is 0 Å². The molecule has 1 aliphatic heterocycles. The van der Waals surface area contributed by atoms with E-state index in [1.807, 2.05) is 18.5 Å². The molecule has 3 rings (SSSR count). The summed E-state index contributed by atoms with van der Waals surface area (Å²) in [5.41, 5.74) is 3.72. The lowest BCUT2D eigenvalue weighted by Gasteiger charge is -2.37. The summed E-state index contributed by atoms with van der Waals surface area (Å²) < 4.78 is 0. The van der Waals surface area contributed by atoms with Crippen LogP contribution < -0.4 is 0 Å². The van der Waals surface area contributed by atoms with Gasteiger partial charge in [0.1, 0.15) is 5.84 Å². The second-order valence-corrected chi connectivity index (χ2v) is 6.65. The molecule has 1 aromatic rings. The molecule has 3 nitrogen and oxygen atoms in total. The second-order valence-electron chi connectivity index (χ2n) is 6.65. The highest BCUT2D eigenvalue weighted by atomic mass is 15.2. The summed E-state index contributed by atoms with van der Waals surface area (Å²) in [6.45, 7) is 5.20. The van der Waals surface area contributed by atoms with Gasteiger partial charge in [-0.05, 0) is 50.3 Å². The molecule has 2 aliphatic rings. The van der Waals surface area contributed by atoms with E-state index in [4.69, 9.17) is 4.99 Å². The zero-order valence-corrected chi connectivity index (χ0v) is 14.3. The molecule has 23 heavy (non-hydrogen) atoms. The van der Waals surface area contributed by atoms with Gasteiger partial charge in [-0.2, -0.15) is 0 Å². The van der Waals surface area contributed by atoms with Gasteiger partial charge in [0.15, 0.2) is 0 Å². The first-order valence-electron chi connectivity index (χ1n) is 8.83. The van der Waals surface area contributed by atoms with Gasteiger partial charge in [0.2, 0.25) is 0 Å². The third-order valence-corrected chi connectivity index (χ3v) is 4.94. The first kappa shape index (κ1) is 16.0. The SMILES string of the molecule is CC1=CCC=CN=C1N(Cc1ncccc1C)C1CCCCC1. The van der Waals surface area contributed by atoms with E-state index in [0.717, 1.165) is 18.8 Å². The summed E-state index contributed by atoms with van der Waals surface area (Å²) in [7, 11) is 0. The van der Waals surface area contributed by atoms with Crippen LogP contribution in [0.15, 0.2) is 47.2 Å². The van der Waals surface area contributed by atoms with Crippen LogP contribution in [-0.4, -0.2) is 21.8 Å². The molecule has 0 N–H and O–H groups in total. The van der Waals surface area contributed by atoms with E-state index in [9.17, 15) is 0 Å². The number of aryl methyl sites for hydroxylation is 1. The number of rotatable bonds is 3. The summed E-state index contributed by atoms with van der Waals surface area (Å²) in [6.07, 6.45) is 15.8. The number of hydrogen-bond donors (Lipinski definition) is 0. The maximum absolute atomic E-state index is 4.77. The zero-order valence-electron chi connectivity index (χ0n) is 14.3. The van der Waals surface area contributed by atoms with Crippen LogP contribution >= 0.6 is 0 Å². The van der Waals surface area contributed by atoms with Crippen molar-refractivity contribution in [3.63, 3.8) is 0 Å². The number of aromatic nitrogens is 1. The molecule has 1 aromatic heterocycles. The van der Waals surface area contributed by atoms with Gasteiger partial charge in [0.25, 0.3) is 0 Å². The Morgan fingerprint density at radius 1 is 1.17 bits per heavy atom. The van der Waals surface area contributed by atoms with Crippen molar-refractivity contribution in [2.45, 2.75) is 65.0 Å². The highest BCUT2D eigenvalue weighted by Gasteiger charge is 2.25. The molecule has 122 valence electrons. The molecule has 1 fully saturated rings. The van der Waals surface area contributed by atoms with Crippen molar-refractivity contribution < 1.29 is 0 Å². The summed E-state index contributed by atoms with van der Waals surface area (Å²) in [5.74, 6) is 1.13. The fraction of sp³-hybridized carbons (Fsp3) is 0.500. The quantitative estimate of drug-likeness (QED) is 0.803. The van der Waals surface area contributed by atoms with E-state index in [1.165, 1.54) is 48.9 Å². The molecule has 2 heterocycles. The van der Waals surface area contributed by atoms with Gasteiger partial charge < -0.3 is 4.90 Å². The average Bonchev–Trinajstić information content (AvgIpc) is 2.79. The normalized spacial score (nSPS) is 19.0. The van der Waals surface area contributed by atoms with E-state index >= 15 is 0 Å². The molecule has 0 aromatic carbocycles. The van der Waals surface area contributed by atoms with Gasteiger partial charge in [-0.15, -0.1) is 0 Å². The Bertz CT molecular complexity index is 622. The third-order valence-electron chi connectivity index (χ3n) is 4.94. The lowest BCUT2D eigenvalue weighted by Crippen LogP contribution is -2.41. The van der Waals surface area contributed by atoms with Crippen LogP contribution in [0.1, 0.15) is 56.7 Å².